The van der Waals surface area contributed by atoms with Crippen molar-refractivity contribution in [2.24, 2.45) is 0 Å². The molecule has 2 aromatic rings. The monoisotopic (exact) mass is 340 g/mol. The van der Waals surface area contributed by atoms with E-state index in [9.17, 15) is 10.1 Å². The predicted molar refractivity (Wildman–Crippen MR) is 94.4 cm³/mol. The van der Waals surface area contributed by atoms with Gasteiger partial charge in [0.25, 0.3) is 5.91 Å². The number of anilines is 3. The van der Waals surface area contributed by atoms with Gasteiger partial charge in [-0.25, -0.2) is 15.4 Å². The molecule has 130 valence electrons. The van der Waals surface area contributed by atoms with Gasteiger partial charge in [-0.1, -0.05) is 6.07 Å². The molecule has 0 atom stereocenters. The van der Waals surface area contributed by atoms with Crippen molar-refractivity contribution in [1.82, 2.24) is 15.4 Å². The summed E-state index contributed by atoms with van der Waals surface area (Å²) in [7, 11) is 1.37. The van der Waals surface area contributed by atoms with Crippen LogP contribution in [-0.2, 0) is 4.84 Å². The van der Waals surface area contributed by atoms with Crippen LogP contribution in [0.2, 0.25) is 0 Å². The quantitative estimate of drug-likeness (QED) is 0.693. The summed E-state index contributed by atoms with van der Waals surface area (Å²) in [5.74, 6) is 0.463. The summed E-state index contributed by atoms with van der Waals surface area (Å²) in [5, 5.41) is 15.7. The molecule has 0 fully saturated rings. The van der Waals surface area contributed by atoms with Crippen molar-refractivity contribution in [3.05, 3.63) is 41.2 Å². The fraction of sp³-hybridized carbons (Fsp3) is 0.294. The van der Waals surface area contributed by atoms with Gasteiger partial charge in [-0.15, -0.1) is 0 Å². The van der Waals surface area contributed by atoms with Crippen molar-refractivity contribution in [1.29, 1.82) is 5.26 Å². The number of aromatic nitrogens is 2. The van der Waals surface area contributed by atoms with Crippen molar-refractivity contribution in [3.8, 4) is 6.07 Å². The molecule has 1 aromatic heterocycles. The van der Waals surface area contributed by atoms with Crippen LogP contribution in [0.5, 0.6) is 0 Å². The summed E-state index contributed by atoms with van der Waals surface area (Å²) < 4.78 is 0. The summed E-state index contributed by atoms with van der Waals surface area (Å²) in [5.41, 5.74) is 4.56. The molecule has 8 heteroatoms. The zero-order chi connectivity index (χ0) is 18.4. The molecule has 0 bridgehead atoms. The highest BCUT2D eigenvalue weighted by Gasteiger charge is 2.14. The van der Waals surface area contributed by atoms with E-state index in [0.717, 1.165) is 5.56 Å². The van der Waals surface area contributed by atoms with Crippen molar-refractivity contribution in [2.45, 2.75) is 26.8 Å². The van der Waals surface area contributed by atoms with Gasteiger partial charge in [0.2, 0.25) is 0 Å². The first kappa shape index (κ1) is 18.2. The Hall–Kier alpha value is -3.18. The highest BCUT2D eigenvalue weighted by atomic mass is 16.6. The lowest BCUT2D eigenvalue weighted by Crippen LogP contribution is -2.21. The number of hydroxylamine groups is 1. The maximum Gasteiger partial charge on any atom is 0.274 e. The molecule has 0 aliphatic carbocycles. The molecule has 2 rings (SSSR count). The van der Waals surface area contributed by atoms with E-state index < -0.39 is 0 Å². The smallest absolute Gasteiger partial charge is 0.274 e. The third-order valence-corrected chi connectivity index (χ3v) is 3.33. The van der Waals surface area contributed by atoms with Gasteiger partial charge >= 0.3 is 0 Å². The molecule has 0 spiro atoms. The number of nitrogens with zero attached hydrogens (tertiary/aromatic N) is 3. The van der Waals surface area contributed by atoms with Gasteiger partial charge in [-0.05, 0) is 38.5 Å². The van der Waals surface area contributed by atoms with E-state index >= 15 is 0 Å². The molecule has 0 unspecified atom stereocenters. The molecule has 0 saturated heterocycles. The van der Waals surface area contributed by atoms with Gasteiger partial charge in [-0.3, -0.25) is 9.63 Å². The Balaban J connectivity index is 2.38. The first-order valence-corrected chi connectivity index (χ1v) is 7.69. The Morgan fingerprint density at radius 3 is 2.64 bits per heavy atom. The predicted octanol–water partition coefficient (Wildman–Crippen LogP) is 2.51. The summed E-state index contributed by atoms with van der Waals surface area (Å²) in [6.45, 7) is 5.80. The molecule has 8 nitrogen and oxygen atoms in total. The number of nitrogens with one attached hydrogen (secondary N) is 3. The topological polar surface area (TPSA) is 112 Å². The van der Waals surface area contributed by atoms with Crippen LogP contribution in [0.15, 0.2) is 24.5 Å². The molecule has 1 amide bonds. The summed E-state index contributed by atoms with van der Waals surface area (Å²) in [4.78, 5) is 24.8. The molecule has 0 saturated carbocycles. The fourth-order valence-electron chi connectivity index (χ4n) is 2.15. The van der Waals surface area contributed by atoms with Gasteiger partial charge in [0.1, 0.15) is 23.8 Å². The SMILES string of the molecule is CONC(=O)c1ccc(C)c(Nc2ncnc(NC(C)C)c2C#N)c1. The number of rotatable bonds is 6. The number of carbonyl (C=O) groups excluding carboxylic acids is 1. The zero-order valence-corrected chi connectivity index (χ0v) is 14.5. The van der Waals surface area contributed by atoms with Gasteiger partial charge in [0.15, 0.2) is 5.82 Å². The molecule has 3 N–H and O–H groups in total. The average molecular weight is 340 g/mol. The largest absolute Gasteiger partial charge is 0.367 e. The molecule has 0 radical (unpaired) electrons. The van der Waals surface area contributed by atoms with Gasteiger partial charge in [-0.2, -0.15) is 5.26 Å². The van der Waals surface area contributed by atoms with Crippen LogP contribution >= 0.6 is 0 Å². The Bertz CT molecular complexity index is 813. The van der Waals surface area contributed by atoms with Crippen LogP contribution in [0.25, 0.3) is 0 Å². The first-order chi connectivity index (χ1) is 12.0. The number of hydrogen-bond donors (Lipinski definition) is 3. The summed E-state index contributed by atoms with van der Waals surface area (Å²) in [6, 6.07) is 7.39. The number of carbonyl (C=O) groups is 1. The third kappa shape index (κ3) is 4.43. The Kier molecular flexibility index (Phi) is 5.87. The van der Waals surface area contributed by atoms with Gasteiger partial charge in [0.05, 0.1) is 7.11 Å². The molecule has 1 heterocycles. The average Bonchev–Trinajstić information content (AvgIpc) is 2.56. The lowest BCUT2D eigenvalue weighted by Gasteiger charge is -2.15. The summed E-state index contributed by atoms with van der Waals surface area (Å²) in [6.07, 6.45) is 1.38. The standard InChI is InChI=1S/C17H20N6O2/c1-10(2)21-15-13(8-18)16(20-9-19-15)22-14-7-12(6-5-11(14)3)17(24)23-25-4/h5-7,9-10H,1-4H3,(H,23,24)(H2,19,20,21,22). The van der Waals surface area contributed by atoms with Gasteiger partial charge in [0, 0.05) is 17.3 Å². The second-order valence-electron chi connectivity index (χ2n) is 5.65. The second kappa shape index (κ2) is 8.08. The normalized spacial score (nSPS) is 10.2. The maximum atomic E-state index is 11.9. The fourth-order valence-corrected chi connectivity index (χ4v) is 2.15. The number of amides is 1. The minimum absolute atomic E-state index is 0.123. The molecule has 25 heavy (non-hydrogen) atoms. The highest BCUT2D eigenvalue weighted by molar-refractivity contribution is 5.95. The lowest BCUT2D eigenvalue weighted by molar-refractivity contribution is 0.0537. The van der Waals surface area contributed by atoms with Crippen LogP contribution in [0.1, 0.15) is 35.3 Å². The number of nitriles is 1. The second-order valence-corrected chi connectivity index (χ2v) is 5.65. The van der Waals surface area contributed by atoms with E-state index in [-0.39, 0.29) is 11.9 Å². The Morgan fingerprint density at radius 2 is 2.00 bits per heavy atom. The maximum absolute atomic E-state index is 11.9. The van der Waals surface area contributed by atoms with Crippen molar-refractivity contribution >= 4 is 23.2 Å². The first-order valence-electron chi connectivity index (χ1n) is 7.69. The van der Waals surface area contributed by atoms with Gasteiger partial charge < -0.3 is 10.6 Å². The molecule has 0 aliphatic heterocycles. The highest BCUT2D eigenvalue weighted by Crippen LogP contribution is 2.26. The zero-order valence-electron chi connectivity index (χ0n) is 14.5. The minimum atomic E-state index is -0.365. The summed E-state index contributed by atoms with van der Waals surface area (Å²) >= 11 is 0. The van der Waals surface area contributed by atoms with Crippen molar-refractivity contribution in [3.63, 3.8) is 0 Å². The third-order valence-electron chi connectivity index (χ3n) is 3.33. The van der Waals surface area contributed by atoms with E-state index in [1.165, 1.54) is 13.4 Å². The van der Waals surface area contributed by atoms with Crippen molar-refractivity contribution in [2.75, 3.05) is 17.7 Å². The van der Waals surface area contributed by atoms with E-state index in [1.807, 2.05) is 20.8 Å². The van der Waals surface area contributed by atoms with E-state index in [1.54, 1.807) is 18.2 Å². The van der Waals surface area contributed by atoms with E-state index in [0.29, 0.717) is 28.5 Å². The van der Waals surface area contributed by atoms with Crippen LogP contribution in [0.4, 0.5) is 17.3 Å². The number of aryl methyl sites for hydroxylation is 1. The van der Waals surface area contributed by atoms with Crippen molar-refractivity contribution < 1.29 is 9.63 Å². The Morgan fingerprint density at radius 1 is 1.28 bits per heavy atom. The number of hydrogen-bond acceptors (Lipinski definition) is 7. The molecular formula is C17H20N6O2. The van der Waals surface area contributed by atoms with Crippen LogP contribution in [-0.4, -0.2) is 29.0 Å². The van der Waals surface area contributed by atoms with E-state index in [2.05, 4.69) is 37.0 Å². The molecule has 1 aromatic carbocycles. The Labute approximate surface area is 146 Å². The molecule has 0 aliphatic rings. The van der Waals surface area contributed by atoms with Crippen LogP contribution in [0, 0.1) is 18.3 Å². The lowest BCUT2D eigenvalue weighted by atomic mass is 10.1. The number of benzene rings is 1. The minimum Gasteiger partial charge on any atom is -0.367 e. The van der Waals surface area contributed by atoms with Crippen LogP contribution in [0.3, 0.4) is 0 Å². The van der Waals surface area contributed by atoms with Crippen LogP contribution < -0.4 is 16.1 Å². The molecular weight excluding hydrogens is 320 g/mol. The van der Waals surface area contributed by atoms with E-state index in [4.69, 9.17) is 0 Å².